The number of rotatable bonds is 37. The van der Waals surface area contributed by atoms with Gasteiger partial charge in [0, 0.05) is 109 Å². The molecular weight excluding hydrogens is 1920 g/mol. The van der Waals surface area contributed by atoms with Gasteiger partial charge in [0.25, 0.3) is 35.9 Å². The van der Waals surface area contributed by atoms with Gasteiger partial charge in [0.05, 0.1) is 42.0 Å². The van der Waals surface area contributed by atoms with Gasteiger partial charge < -0.3 is 24.4 Å². The van der Waals surface area contributed by atoms with Crippen molar-refractivity contribution in [2.45, 2.75) is 283 Å². The van der Waals surface area contributed by atoms with Crippen LogP contribution < -0.4 is 14.2 Å². The molecule has 7 heterocycles. The zero-order valence-electron chi connectivity index (χ0n) is 88.4. The van der Waals surface area contributed by atoms with Crippen LogP contribution in [0.3, 0.4) is 0 Å². The van der Waals surface area contributed by atoms with Crippen LogP contribution in [0.15, 0.2) is 154 Å². The van der Waals surface area contributed by atoms with E-state index in [0.717, 1.165) is 39.5 Å². The summed E-state index contributed by atoms with van der Waals surface area (Å²) in [6.07, 6.45) is 5.40. The Bertz CT molecular complexity index is 6930. The van der Waals surface area contributed by atoms with E-state index >= 15 is 0 Å². The van der Waals surface area contributed by atoms with Crippen LogP contribution in [0.2, 0.25) is 0 Å². The third-order valence-electron chi connectivity index (χ3n) is 24.9. The number of halogens is 4. The van der Waals surface area contributed by atoms with Gasteiger partial charge in [0.2, 0.25) is 27.6 Å². The zero-order chi connectivity index (χ0) is 108. The lowest BCUT2D eigenvalue weighted by molar-refractivity contribution is -0.119. The molecule has 0 aliphatic heterocycles. The largest absolute Gasteiger partial charge is 0.361 e. The predicted octanol–water partition coefficient (Wildman–Crippen LogP) is 19.3. The number of hydrogen-bond acceptors (Lipinski definition) is 23. The SMILES string of the molecule is CC(C)c1cc(F)cc(-c2cccnc2)c1CC(=O)NS(=O)(=O)c1cc(C(C)N(C)C)n(C(C)C)n1.CC(C)c1cc(F)cc(C(C)C)c1CC(=O)CS(=O)(=O)c1cc(C(C)N(C)C)n(C(C)C)n1.Cc1cc(-c2cc(F)cc(C(C)C)c2CC(=O)NS(=O)(=O)c2cc(C(C)N(C)C)n(C(C)C)n2)ccn1.[C-]#[N+]c1cc(-c2cc(F)cc(C(C)C)c2CC(=O)NS(=O)(=O)c2cc(C(C)N(C)C)n(C(C)C)n2)ccn1. The highest BCUT2D eigenvalue weighted by atomic mass is 32.2. The summed E-state index contributed by atoms with van der Waals surface area (Å²) in [5.74, 6) is -5.17. The number of nitrogens with zero attached hydrogens (tertiary/aromatic N) is 16. The molecule has 11 aromatic rings. The molecule has 3 N–H and O–H groups in total. The molecule has 4 atom stereocenters. The quantitative estimate of drug-likeness (QED) is 0.0240. The summed E-state index contributed by atoms with van der Waals surface area (Å²) in [4.78, 5) is 75.8. The molecule has 0 spiro atoms. The summed E-state index contributed by atoms with van der Waals surface area (Å²) >= 11 is 0. The van der Waals surface area contributed by atoms with E-state index in [1.165, 1.54) is 79.0 Å². The van der Waals surface area contributed by atoms with Crippen LogP contribution in [0.4, 0.5) is 23.4 Å². The topological polar surface area (TPSA) is 368 Å². The molecule has 3 amide bonds. The molecule has 0 aliphatic carbocycles. The number of sulfonamides is 3. The Labute approximate surface area is 847 Å². The fraction of sp³-hybridized carbons (Fsp3) is 0.467. The molecule has 39 heteroatoms. The van der Waals surface area contributed by atoms with Gasteiger partial charge in [-0.25, -0.2) is 40.1 Å². The molecule has 0 saturated carbocycles. The summed E-state index contributed by atoms with van der Waals surface area (Å²) in [6.45, 7) is 51.3. The second kappa shape index (κ2) is 49.3. The monoisotopic (exact) mass is 2060 g/mol. The number of nitrogens with one attached hydrogen (secondary N) is 3. The number of benzene rings is 4. The van der Waals surface area contributed by atoms with Gasteiger partial charge in [-0.2, -0.15) is 45.6 Å². The first-order valence-corrected chi connectivity index (χ1v) is 53.9. The molecule has 31 nitrogen and oxygen atoms in total. The number of aromatic nitrogens is 11. The Kier molecular flexibility index (Phi) is 40.2. The summed E-state index contributed by atoms with van der Waals surface area (Å²) in [6, 6.07) is 26.7. The van der Waals surface area contributed by atoms with E-state index in [2.05, 4.69) is 54.4 Å². The standard InChI is InChI=1S/C27H33FN6O3S.C27H36FN5O3S.C26H34FN5O3S.C25H38FN3O3S/c1-16(2)21-12-20(28)13-22(19-9-10-30-25(11-19)29-6)23(21)14-26(35)32-38(36,37)27-15-24(18(5)33(7)8)34(31-27)17(3)4;1-16(2)22-12-21(28)13-23(20-9-10-29-18(5)11-20)24(22)14-26(34)31-37(35,36)27-15-25(19(6)32(7)8)33(30-27)17(3)4;1-16(2)21-11-20(27)12-22(19-9-8-10-28-15-19)23(21)13-25(33)30-36(34,35)26-14-24(18(5)31(6)7)32(29-26)17(3)4;1-15(2)21-10-19(26)11-22(16(3)4)23(21)12-20(30)14-33(31,32)25-13-24(18(7)28(8)9)29(27-25)17(5)6/h9-13,15-18H,14H2,1-5,7-8H3,(H,32,35);9-13,15-17,19H,14H2,1-8H3,(H,31,34);8-12,14-18H,13H2,1-7H3,(H,30,33);10-11,13,15-18H,12,14H2,1-9H3. The van der Waals surface area contributed by atoms with Crippen LogP contribution in [-0.4, -0.2) is 193 Å². The number of Topliss-reactive ketones (excluding diaryl/α,β-unsaturated/α-hetero) is 1. The minimum absolute atomic E-state index is 0.00873. The lowest BCUT2D eigenvalue weighted by Gasteiger charge is -2.22. The molecule has 144 heavy (non-hydrogen) atoms. The maximum atomic E-state index is 14.6. The Morgan fingerprint density at radius 1 is 0.361 bits per heavy atom. The highest BCUT2D eigenvalue weighted by Crippen LogP contribution is 2.40. The van der Waals surface area contributed by atoms with E-state index in [1.807, 2.05) is 241 Å². The molecule has 0 saturated heterocycles. The zero-order valence-corrected chi connectivity index (χ0v) is 91.7. The van der Waals surface area contributed by atoms with Crippen molar-refractivity contribution in [3.63, 3.8) is 0 Å². The van der Waals surface area contributed by atoms with E-state index < -0.39 is 86.6 Å². The van der Waals surface area contributed by atoms with Gasteiger partial charge in [0.15, 0.2) is 25.9 Å². The van der Waals surface area contributed by atoms with Crippen molar-refractivity contribution in [1.82, 2.24) is 87.8 Å². The van der Waals surface area contributed by atoms with E-state index in [9.17, 15) is 70.4 Å². The molecule has 4 aromatic carbocycles. The summed E-state index contributed by atoms with van der Waals surface area (Å²) in [5.41, 5.74) is 12.7. The van der Waals surface area contributed by atoms with Gasteiger partial charge in [-0.1, -0.05) is 81.9 Å². The minimum atomic E-state index is -4.28. The Hall–Kier alpha value is -11.9. The fourth-order valence-electron chi connectivity index (χ4n) is 16.5. The van der Waals surface area contributed by atoms with Gasteiger partial charge >= 0.3 is 0 Å². The minimum Gasteiger partial charge on any atom is -0.361 e. The summed E-state index contributed by atoms with van der Waals surface area (Å²) in [7, 11) is -1.47. The predicted molar refractivity (Wildman–Crippen MR) is 553 cm³/mol. The number of aryl methyl sites for hydroxylation is 1. The molecule has 4 unspecified atom stereocenters. The summed E-state index contributed by atoms with van der Waals surface area (Å²) < 4.78 is 176. The lowest BCUT2D eigenvalue weighted by atomic mass is 9.86. The average molecular weight is 2070 g/mol. The third kappa shape index (κ3) is 29.7. The van der Waals surface area contributed by atoms with Crippen LogP contribution in [-0.2, 0) is 84.8 Å². The van der Waals surface area contributed by atoms with E-state index in [1.54, 1.807) is 67.6 Å². The van der Waals surface area contributed by atoms with Crippen molar-refractivity contribution in [2.24, 2.45) is 0 Å². The van der Waals surface area contributed by atoms with E-state index in [4.69, 9.17) is 6.57 Å². The lowest BCUT2D eigenvalue weighted by Crippen LogP contribution is -2.32. The number of ketones is 1. The number of sulfone groups is 1. The Morgan fingerprint density at radius 3 is 0.931 bits per heavy atom. The molecule has 7 aromatic heterocycles. The number of amides is 3. The van der Waals surface area contributed by atoms with E-state index in [0.29, 0.717) is 72.5 Å². The molecule has 0 fully saturated rings. The van der Waals surface area contributed by atoms with E-state index in [-0.39, 0.29) is 135 Å². The summed E-state index contributed by atoms with van der Waals surface area (Å²) in [5, 5.41) is 16.5. The van der Waals surface area contributed by atoms with Crippen molar-refractivity contribution in [1.29, 1.82) is 0 Å². The number of pyridine rings is 3. The van der Waals surface area contributed by atoms with Crippen molar-refractivity contribution < 1.29 is 70.4 Å². The molecule has 11 rings (SSSR count). The average Bonchev–Trinajstić information content (AvgIpc) is 1.53. The van der Waals surface area contributed by atoms with Crippen molar-refractivity contribution in [3.05, 3.63) is 247 Å². The van der Waals surface area contributed by atoms with Crippen molar-refractivity contribution in [2.75, 3.05) is 62.1 Å². The van der Waals surface area contributed by atoms with Crippen molar-refractivity contribution in [3.8, 4) is 33.4 Å². The van der Waals surface area contributed by atoms with Gasteiger partial charge in [-0.15, -0.1) is 4.98 Å². The number of carbonyl (C=O) groups excluding carboxylic acids is 4. The van der Waals surface area contributed by atoms with Crippen molar-refractivity contribution >= 4 is 69.2 Å². The van der Waals surface area contributed by atoms with Gasteiger partial charge in [-0.3, -0.25) is 47.9 Å². The molecule has 0 aliphatic rings. The molecule has 780 valence electrons. The van der Waals surface area contributed by atoms with Crippen LogP contribution in [0.5, 0.6) is 0 Å². The highest BCUT2D eigenvalue weighted by molar-refractivity contribution is 7.92. The van der Waals surface area contributed by atoms with Crippen LogP contribution >= 0.6 is 0 Å². The highest BCUT2D eigenvalue weighted by Gasteiger charge is 2.35. The maximum Gasteiger partial charge on any atom is 0.283 e. The fourth-order valence-corrected chi connectivity index (χ4v) is 20.5. The Balaban J connectivity index is 0.000000235. The van der Waals surface area contributed by atoms with Gasteiger partial charge in [-0.05, 0) is 333 Å². The first kappa shape index (κ1) is 117. The molecule has 0 radical (unpaired) electrons. The third-order valence-corrected chi connectivity index (χ3v) is 30.1. The van der Waals surface area contributed by atoms with Crippen LogP contribution in [0.25, 0.3) is 38.2 Å². The first-order chi connectivity index (χ1) is 66.9. The normalized spacial score (nSPS) is 13.0. The van der Waals surface area contributed by atoms with Gasteiger partial charge in [0.1, 0.15) is 35.2 Å². The van der Waals surface area contributed by atoms with Crippen LogP contribution in [0.1, 0.15) is 309 Å². The Morgan fingerprint density at radius 2 is 0.646 bits per heavy atom. The first-order valence-electron chi connectivity index (χ1n) is 47.8. The molecule has 0 bridgehead atoms. The number of hydrogen-bond donors (Lipinski definition) is 3. The van der Waals surface area contributed by atoms with Crippen LogP contribution in [0, 0.1) is 36.8 Å². The number of carbonyl (C=O) groups is 4. The second-order valence-corrected chi connectivity index (χ2v) is 46.6. The second-order valence-electron chi connectivity index (χ2n) is 39.8. The smallest absolute Gasteiger partial charge is 0.283 e. The maximum absolute atomic E-state index is 14.6. The molecular formula is C105H141F4N19O12S4.